The van der Waals surface area contributed by atoms with Gasteiger partial charge in [-0.3, -0.25) is 14.4 Å². The van der Waals surface area contributed by atoms with Crippen LogP contribution < -0.4 is 0 Å². The number of furan rings is 1. The second kappa shape index (κ2) is 4.96. The molecule has 0 aromatic carbocycles. The van der Waals surface area contributed by atoms with Crippen molar-refractivity contribution in [2.75, 3.05) is 0 Å². The Morgan fingerprint density at radius 2 is 1.96 bits per heavy atom. The zero-order valence-corrected chi connectivity index (χ0v) is 14.0. The van der Waals surface area contributed by atoms with Crippen LogP contribution in [0.5, 0.6) is 0 Å². The lowest BCUT2D eigenvalue weighted by molar-refractivity contribution is -0.191. The first-order chi connectivity index (χ1) is 12.0. The molecule has 1 aromatic rings. The van der Waals surface area contributed by atoms with Crippen LogP contribution >= 0.6 is 0 Å². The van der Waals surface area contributed by atoms with Crippen molar-refractivity contribution < 1.29 is 28.3 Å². The van der Waals surface area contributed by atoms with Crippen molar-refractivity contribution in [3.63, 3.8) is 0 Å². The molecule has 4 fully saturated rings. The number of esters is 2. The van der Waals surface area contributed by atoms with Crippen molar-refractivity contribution in [3.8, 4) is 0 Å². The van der Waals surface area contributed by atoms with E-state index in [2.05, 4.69) is 6.92 Å². The topological polar surface area (TPSA) is 82.8 Å². The predicted octanol–water partition coefficient (Wildman–Crippen LogP) is 2.43. The molecule has 5 rings (SSSR count). The maximum atomic E-state index is 12.8. The van der Waals surface area contributed by atoms with Gasteiger partial charge in [-0.2, -0.15) is 0 Å². The van der Waals surface area contributed by atoms with Gasteiger partial charge in [0.2, 0.25) is 0 Å². The molecule has 3 heterocycles. The highest BCUT2D eigenvalue weighted by molar-refractivity contribution is 5.93. The smallest absolute Gasteiger partial charge is 0.310 e. The highest BCUT2D eigenvalue weighted by Gasteiger charge is 2.64. The second-order valence-electron chi connectivity index (χ2n) is 8.18. The first kappa shape index (κ1) is 15.2. The molecule has 7 atom stereocenters. The molecular weight excluding hydrogens is 324 g/mol. The second-order valence-corrected chi connectivity index (χ2v) is 8.18. The zero-order chi connectivity index (χ0) is 17.3. The molecule has 2 saturated heterocycles. The van der Waals surface area contributed by atoms with E-state index in [1.54, 1.807) is 12.5 Å². The van der Waals surface area contributed by atoms with Gasteiger partial charge in [-0.25, -0.2) is 0 Å². The van der Waals surface area contributed by atoms with Crippen LogP contribution in [0.3, 0.4) is 0 Å². The van der Waals surface area contributed by atoms with Gasteiger partial charge in [0.15, 0.2) is 0 Å². The number of hydrogen-bond acceptors (Lipinski definition) is 6. The largest absolute Gasteiger partial charge is 0.472 e. The van der Waals surface area contributed by atoms with E-state index in [0.29, 0.717) is 19.3 Å². The maximum Gasteiger partial charge on any atom is 0.310 e. The standard InChI is InChI=1S/C19H20O6/c1-19-7-15(9-2-3-23-8-9)25-18(22)13(19)6-14(20)16-11-4-10(5-12(16)19)24-17(11)21/h2-3,8,10-13,15-16H,4-7H2,1H3/t10-,11+,12+,13-,15-,16+,19-/m0/s1. The van der Waals surface area contributed by atoms with E-state index in [1.807, 2.05) is 6.07 Å². The van der Waals surface area contributed by atoms with Crippen LogP contribution in [0.1, 0.15) is 44.3 Å². The number of Topliss-reactive ketones (excluding diaryl/α,β-unsaturated/α-hetero) is 1. The van der Waals surface area contributed by atoms with E-state index in [4.69, 9.17) is 13.9 Å². The number of carbonyl (C=O) groups excluding carboxylic acids is 3. The van der Waals surface area contributed by atoms with Crippen molar-refractivity contribution in [2.45, 2.75) is 44.8 Å². The molecule has 0 radical (unpaired) electrons. The van der Waals surface area contributed by atoms with E-state index < -0.39 is 5.92 Å². The minimum Gasteiger partial charge on any atom is -0.472 e. The third-order valence-electron chi connectivity index (χ3n) is 6.99. The Hall–Kier alpha value is -2.11. The third kappa shape index (κ3) is 1.99. The molecule has 2 aliphatic carbocycles. The Balaban J connectivity index is 1.55. The number of ketones is 1. The molecule has 25 heavy (non-hydrogen) atoms. The first-order valence-electron chi connectivity index (χ1n) is 8.93. The summed E-state index contributed by atoms with van der Waals surface area (Å²) >= 11 is 0. The van der Waals surface area contributed by atoms with Crippen LogP contribution in [0.15, 0.2) is 23.0 Å². The molecule has 1 aromatic heterocycles. The van der Waals surface area contributed by atoms with Crippen molar-refractivity contribution in [1.29, 1.82) is 0 Å². The van der Waals surface area contributed by atoms with Crippen LogP contribution in [0.4, 0.5) is 0 Å². The summed E-state index contributed by atoms with van der Waals surface area (Å²) in [6, 6.07) is 1.81. The Labute approximate surface area is 144 Å². The van der Waals surface area contributed by atoms with Gasteiger partial charge in [-0.1, -0.05) is 6.92 Å². The fourth-order valence-corrected chi connectivity index (χ4v) is 5.74. The van der Waals surface area contributed by atoms with E-state index in [0.717, 1.165) is 5.56 Å². The van der Waals surface area contributed by atoms with Crippen molar-refractivity contribution in [1.82, 2.24) is 0 Å². The van der Waals surface area contributed by atoms with Gasteiger partial charge in [0, 0.05) is 17.9 Å². The van der Waals surface area contributed by atoms with E-state index in [1.165, 1.54) is 0 Å². The summed E-state index contributed by atoms with van der Waals surface area (Å²) < 4.78 is 16.2. The van der Waals surface area contributed by atoms with Crippen molar-refractivity contribution >= 4 is 17.7 Å². The fraction of sp³-hybridized carbons (Fsp3) is 0.632. The van der Waals surface area contributed by atoms with E-state index >= 15 is 0 Å². The van der Waals surface area contributed by atoms with Gasteiger partial charge >= 0.3 is 11.9 Å². The highest BCUT2D eigenvalue weighted by atomic mass is 16.6. The molecular formula is C19H20O6. The summed E-state index contributed by atoms with van der Waals surface area (Å²) in [7, 11) is 0. The number of carbonyl (C=O) groups is 3. The maximum absolute atomic E-state index is 12.8. The summed E-state index contributed by atoms with van der Waals surface area (Å²) in [5.74, 6) is -1.63. The fourth-order valence-electron chi connectivity index (χ4n) is 5.74. The summed E-state index contributed by atoms with van der Waals surface area (Å²) in [5.41, 5.74) is 0.466. The van der Waals surface area contributed by atoms with Crippen molar-refractivity contribution in [2.24, 2.45) is 29.1 Å². The number of ether oxygens (including phenoxy) is 2. The third-order valence-corrected chi connectivity index (χ3v) is 6.99. The van der Waals surface area contributed by atoms with Gasteiger partial charge in [0.25, 0.3) is 0 Å². The van der Waals surface area contributed by atoms with Crippen LogP contribution in [-0.2, 0) is 23.9 Å². The molecule has 0 amide bonds. The lowest BCUT2D eigenvalue weighted by atomic mass is 9.49. The predicted molar refractivity (Wildman–Crippen MR) is 83.0 cm³/mol. The quantitative estimate of drug-likeness (QED) is 0.728. The van der Waals surface area contributed by atoms with Gasteiger partial charge in [0.05, 0.1) is 24.4 Å². The van der Waals surface area contributed by atoms with Crippen LogP contribution in [-0.4, -0.2) is 23.8 Å². The Bertz CT molecular complexity index is 752. The average Bonchev–Trinajstić information content (AvgIpc) is 3.19. The van der Waals surface area contributed by atoms with Crippen LogP contribution in [0.25, 0.3) is 0 Å². The number of hydrogen-bond donors (Lipinski definition) is 0. The highest BCUT2D eigenvalue weighted by Crippen LogP contribution is 2.61. The van der Waals surface area contributed by atoms with Crippen LogP contribution in [0, 0.1) is 29.1 Å². The summed E-state index contributed by atoms with van der Waals surface area (Å²) in [6.45, 7) is 2.09. The SMILES string of the molecule is C[C@@]12C[C@@H](c3ccoc3)OC(=O)[C@@H]1CC(=O)[C@H]1[C@H]2C[C@@H]2C[C@H]1C(=O)O2. The normalized spacial score (nSPS) is 45.4. The molecule has 2 saturated carbocycles. The minimum absolute atomic E-state index is 0.0174. The van der Waals surface area contributed by atoms with E-state index in [9.17, 15) is 14.4 Å². The Kier molecular flexibility index (Phi) is 3.01. The molecule has 2 bridgehead atoms. The van der Waals surface area contributed by atoms with Crippen LogP contribution in [0.2, 0.25) is 0 Å². The summed E-state index contributed by atoms with van der Waals surface area (Å²) in [4.78, 5) is 37.6. The minimum atomic E-state index is -0.433. The number of rotatable bonds is 1. The molecule has 0 unspecified atom stereocenters. The first-order valence-corrected chi connectivity index (χ1v) is 8.93. The van der Waals surface area contributed by atoms with Crippen molar-refractivity contribution in [3.05, 3.63) is 24.2 Å². The number of cyclic esters (lactones) is 1. The van der Waals surface area contributed by atoms with Gasteiger partial charge in [-0.05, 0) is 36.7 Å². The average molecular weight is 344 g/mol. The molecule has 132 valence electrons. The molecule has 6 nitrogen and oxygen atoms in total. The lowest BCUT2D eigenvalue weighted by Crippen LogP contribution is -2.57. The molecule has 2 aliphatic heterocycles. The zero-order valence-electron chi connectivity index (χ0n) is 14.0. The van der Waals surface area contributed by atoms with Gasteiger partial charge < -0.3 is 13.9 Å². The lowest BCUT2D eigenvalue weighted by Gasteiger charge is -2.54. The Morgan fingerprint density at radius 3 is 2.72 bits per heavy atom. The molecule has 0 spiro atoms. The summed E-state index contributed by atoms with van der Waals surface area (Å²) in [5, 5.41) is 0. The number of fused-ring (bicyclic) bond motifs is 6. The molecule has 0 N–H and O–H groups in total. The Morgan fingerprint density at radius 1 is 1.12 bits per heavy atom. The monoisotopic (exact) mass is 344 g/mol. The molecule has 6 heteroatoms. The summed E-state index contributed by atoms with van der Waals surface area (Å²) in [6.07, 6.45) is 4.81. The van der Waals surface area contributed by atoms with E-state index in [-0.39, 0.29) is 59.5 Å². The van der Waals surface area contributed by atoms with Gasteiger partial charge in [0.1, 0.15) is 18.0 Å². The molecule has 4 aliphatic rings. The van der Waals surface area contributed by atoms with Gasteiger partial charge in [-0.15, -0.1) is 0 Å².